The minimum atomic E-state index is -0.535. The number of phenols is 1. The lowest BCUT2D eigenvalue weighted by Gasteiger charge is -2.30. The molecule has 11 nitrogen and oxygen atoms in total. The van der Waals surface area contributed by atoms with Crippen molar-refractivity contribution in [1.82, 2.24) is 15.0 Å². The fourth-order valence-corrected chi connectivity index (χ4v) is 3.75. The van der Waals surface area contributed by atoms with Crippen molar-refractivity contribution in [3.05, 3.63) is 63.2 Å². The number of hydrogen-bond donors (Lipinski definition) is 3. The third kappa shape index (κ3) is 5.81. The monoisotopic (exact) mass is 476 g/mol. The van der Waals surface area contributed by atoms with Crippen molar-refractivity contribution in [2.24, 2.45) is 11.0 Å². The molecule has 35 heavy (non-hydrogen) atoms. The van der Waals surface area contributed by atoms with E-state index in [4.69, 9.17) is 0 Å². The standard InChI is InChI=1S/C24H28N8O3/c1-15-9-11-31(12-10-15)24-28-22(26-20-6-4-5-16(2)17(20)3)27-23(29-24)30-25-14-18-13-19(32(34)35)7-8-21(18)33/h4-8,13-15,33H,9-12H2,1-3H3,(H2,26,27,28,29,30)/b25-14+. The van der Waals surface area contributed by atoms with Crippen molar-refractivity contribution in [1.29, 1.82) is 0 Å². The molecule has 0 aliphatic carbocycles. The van der Waals surface area contributed by atoms with Crippen LogP contribution in [0.2, 0.25) is 0 Å². The highest BCUT2D eigenvalue weighted by molar-refractivity contribution is 5.84. The molecular formula is C24H28N8O3. The van der Waals surface area contributed by atoms with Crippen LogP contribution in [0, 0.1) is 29.9 Å². The van der Waals surface area contributed by atoms with Crippen LogP contribution in [-0.4, -0.2) is 44.3 Å². The Kier molecular flexibility index (Phi) is 7.04. The Morgan fingerprint density at radius 3 is 2.63 bits per heavy atom. The molecule has 0 radical (unpaired) electrons. The number of piperidine rings is 1. The second kappa shape index (κ2) is 10.3. The fraction of sp³-hybridized carbons (Fsp3) is 0.333. The molecule has 11 heteroatoms. The van der Waals surface area contributed by atoms with Gasteiger partial charge in [-0.25, -0.2) is 5.43 Å². The highest BCUT2D eigenvalue weighted by atomic mass is 16.6. The Bertz CT molecular complexity index is 1260. The average molecular weight is 477 g/mol. The Labute approximate surface area is 203 Å². The number of aromatic hydroxyl groups is 1. The number of nitrogens with zero attached hydrogens (tertiary/aromatic N) is 6. The van der Waals surface area contributed by atoms with Crippen molar-refractivity contribution in [2.75, 3.05) is 28.7 Å². The first-order valence-corrected chi connectivity index (χ1v) is 11.4. The Morgan fingerprint density at radius 1 is 1.14 bits per heavy atom. The number of aromatic nitrogens is 3. The molecule has 3 aromatic rings. The van der Waals surface area contributed by atoms with E-state index in [0.29, 0.717) is 17.8 Å². The second-order valence-corrected chi connectivity index (χ2v) is 8.69. The van der Waals surface area contributed by atoms with Gasteiger partial charge in [0.25, 0.3) is 5.69 Å². The molecule has 0 atom stereocenters. The Balaban J connectivity index is 1.61. The molecule has 1 aromatic heterocycles. The number of hydrazone groups is 1. The minimum absolute atomic E-state index is 0.128. The van der Waals surface area contributed by atoms with Crippen molar-refractivity contribution in [3.8, 4) is 5.75 Å². The summed E-state index contributed by atoms with van der Waals surface area (Å²) in [6.07, 6.45) is 3.39. The maximum absolute atomic E-state index is 11.0. The number of anilines is 4. The Morgan fingerprint density at radius 2 is 1.89 bits per heavy atom. The molecule has 0 saturated carbocycles. The van der Waals surface area contributed by atoms with Crippen LogP contribution in [-0.2, 0) is 0 Å². The number of phenolic OH excluding ortho intramolecular Hbond substituents is 1. The predicted octanol–water partition coefficient (Wildman–Crippen LogP) is 4.53. The number of nitro groups is 1. The summed E-state index contributed by atoms with van der Waals surface area (Å²) in [6, 6.07) is 9.69. The highest BCUT2D eigenvalue weighted by Gasteiger charge is 2.20. The molecule has 2 heterocycles. The smallest absolute Gasteiger partial charge is 0.270 e. The summed E-state index contributed by atoms with van der Waals surface area (Å²) < 4.78 is 0. The van der Waals surface area contributed by atoms with E-state index >= 15 is 0 Å². The van der Waals surface area contributed by atoms with Crippen LogP contribution in [0.4, 0.5) is 29.2 Å². The van der Waals surface area contributed by atoms with E-state index < -0.39 is 4.92 Å². The summed E-state index contributed by atoms with van der Waals surface area (Å²) in [5, 5.41) is 28.4. The Hall–Kier alpha value is -4.28. The van der Waals surface area contributed by atoms with Gasteiger partial charge in [0, 0.05) is 36.5 Å². The number of nitro benzene ring substituents is 1. The summed E-state index contributed by atoms with van der Waals surface area (Å²) in [5.74, 6) is 1.65. The molecule has 1 aliphatic heterocycles. The molecule has 182 valence electrons. The van der Waals surface area contributed by atoms with Gasteiger partial charge in [-0.3, -0.25) is 10.1 Å². The molecule has 0 amide bonds. The molecular weight excluding hydrogens is 448 g/mol. The zero-order chi connectivity index (χ0) is 24.9. The van der Waals surface area contributed by atoms with Crippen LogP contribution >= 0.6 is 0 Å². The quantitative estimate of drug-likeness (QED) is 0.255. The van der Waals surface area contributed by atoms with E-state index in [9.17, 15) is 15.2 Å². The van der Waals surface area contributed by atoms with E-state index in [0.717, 1.165) is 42.7 Å². The van der Waals surface area contributed by atoms with E-state index in [1.807, 2.05) is 32.0 Å². The maximum atomic E-state index is 11.0. The van der Waals surface area contributed by atoms with Crippen molar-refractivity contribution < 1.29 is 10.0 Å². The second-order valence-electron chi connectivity index (χ2n) is 8.69. The molecule has 1 fully saturated rings. The highest BCUT2D eigenvalue weighted by Crippen LogP contribution is 2.25. The molecule has 1 saturated heterocycles. The molecule has 0 unspecified atom stereocenters. The SMILES string of the molecule is Cc1cccc(Nc2nc(N/N=C/c3cc([N+](=O)[O-])ccc3O)nc(N3CCC(C)CC3)n2)c1C. The number of hydrogen-bond acceptors (Lipinski definition) is 10. The van der Waals surface area contributed by atoms with Crippen LogP contribution in [0.3, 0.4) is 0 Å². The summed E-state index contributed by atoms with van der Waals surface area (Å²) >= 11 is 0. The molecule has 0 bridgehead atoms. The fourth-order valence-electron chi connectivity index (χ4n) is 3.75. The van der Waals surface area contributed by atoms with E-state index in [1.165, 1.54) is 24.4 Å². The van der Waals surface area contributed by atoms with Crippen LogP contribution in [0.5, 0.6) is 5.75 Å². The summed E-state index contributed by atoms with van der Waals surface area (Å²) in [5.41, 5.74) is 5.95. The van der Waals surface area contributed by atoms with Crippen molar-refractivity contribution in [3.63, 3.8) is 0 Å². The van der Waals surface area contributed by atoms with Gasteiger partial charge in [-0.15, -0.1) is 0 Å². The first-order chi connectivity index (χ1) is 16.8. The van der Waals surface area contributed by atoms with Gasteiger partial charge in [-0.05, 0) is 55.9 Å². The van der Waals surface area contributed by atoms with Gasteiger partial charge in [-0.2, -0.15) is 20.1 Å². The largest absolute Gasteiger partial charge is 0.507 e. The lowest BCUT2D eigenvalue weighted by Crippen LogP contribution is -2.34. The zero-order valence-corrected chi connectivity index (χ0v) is 19.9. The average Bonchev–Trinajstić information content (AvgIpc) is 2.83. The third-order valence-electron chi connectivity index (χ3n) is 6.13. The maximum Gasteiger partial charge on any atom is 0.270 e. The topological polar surface area (TPSA) is 142 Å². The number of rotatable bonds is 7. The first kappa shape index (κ1) is 23.9. The van der Waals surface area contributed by atoms with Crippen LogP contribution in [0.1, 0.15) is 36.5 Å². The summed E-state index contributed by atoms with van der Waals surface area (Å²) in [7, 11) is 0. The number of non-ortho nitro benzene ring substituents is 1. The summed E-state index contributed by atoms with van der Waals surface area (Å²) in [4.78, 5) is 26.2. The minimum Gasteiger partial charge on any atom is -0.507 e. The van der Waals surface area contributed by atoms with E-state index in [2.05, 4.69) is 42.6 Å². The third-order valence-corrected chi connectivity index (χ3v) is 6.13. The van der Waals surface area contributed by atoms with Crippen molar-refractivity contribution in [2.45, 2.75) is 33.6 Å². The van der Waals surface area contributed by atoms with Crippen LogP contribution in [0.15, 0.2) is 41.5 Å². The van der Waals surface area contributed by atoms with Crippen LogP contribution < -0.4 is 15.6 Å². The van der Waals surface area contributed by atoms with Gasteiger partial charge < -0.3 is 15.3 Å². The molecule has 1 aliphatic rings. The van der Waals surface area contributed by atoms with Gasteiger partial charge >= 0.3 is 0 Å². The lowest BCUT2D eigenvalue weighted by atomic mass is 10.00. The van der Waals surface area contributed by atoms with Gasteiger partial charge in [-0.1, -0.05) is 19.1 Å². The first-order valence-electron chi connectivity index (χ1n) is 11.4. The zero-order valence-electron chi connectivity index (χ0n) is 19.9. The van der Waals surface area contributed by atoms with Crippen molar-refractivity contribution >= 4 is 35.4 Å². The van der Waals surface area contributed by atoms with Gasteiger partial charge in [0.1, 0.15) is 5.75 Å². The number of nitrogens with one attached hydrogen (secondary N) is 2. The van der Waals surface area contributed by atoms with E-state index in [1.54, 1.807) is 0 Å². The molecule has 3 N–H and O–H groups in total. The number of benzene rings is 2. The normalized spacial score (nSPS) is 14.3. The predicted molar refractivity (Wildman–Crippen MR) is 136 cm³/mol. The molecule has 2 aromatic carbocycles. The van der Waals surface area contributed by atoms with Gasteiger partial charge in [0.2, 0.25) is 17.8 Å². The summed E-state index contributed by atoms with van der Waals surface area (Å²) in [6.45, 7) is 8.00. The van der Waals surface area contributed by atoms with Crippen LogP contribution in [0.25, 0.3) is 0 Å². The number of aryl methyl sites for hydroxylation is 1. The van der Waals surface area contributed by atoms with Gasteiger partial charge in [0.05, 0.1) is 11.1 Å². The lowest BCUT2D eigenvalue weighted by molar-refractivity contribution is -0.384. The van der Waals surface area contributed by atoms with Gasteiger partial charge in [0.15, 0.2) is 0 Å². The van der Waals surface area contributed by atoms with E-state index in [-0.39, 0.29) is 22.9 Å². The molecule has 0 spiro atoms. The molecule has 4 rings (SSSR count).